The normalized spacial score (nSPS) is 14.9. The third kappa shape index (κ3) is 58.8. The molecule has 0 saturated heterocycles. The Morgan fingerprint density at radius 3 is 1.08 bits per heavy atom. The van der Waals surface area contributed by atoms with Crippen molar-refractivity contribution in [1.29, 1.82) is 0 Å². The van der Waals surface area contributed by atoms with Gasteiger partial charge >= 0.3 is 12.1 Å². The van der Waals surface area contributed by atoms with Crippen LogP contribution in [0.5, 0.6) is 0 Å². The number of Topliss-reactive ketones (excluding diaryl/α,β-unsaturated/α-hetero) is 2. The summed E-state index contributed by atoms with van der Waals surface area (Å²) >= 11 is 0. The number of unbranched alkanes of at least 4 members (excludes halogenated alkanes) is 6. The van der Waals surface area contributed by atoms with Crippen LogP contribution in [-0.4, -0.2) is 374 Å². The maximum absolute atomic E-state index is 13.4. The zero-order valence-electron chi connectivity index (χ0n) is 86.3. The molecule has 0 spiro atoms. The Hall–Kier alpha value is -6.32. The minimum Gasteiger partial charge on any atom is -0.480 e. The van der Waals surface area contributed by atoms with Crippen molar-refractivity contribution in [2.45, 2.75) is 253 Å². The molecule has 2 aliphatic rings. The van der Waals surface area contributed by atoms with E-state index in [0.29, 0.717) is 333 Å². The lowest BCUT2D eigenvalue weighted by Gasteiger charge is -2.27. The average molecular weight is 2060 g/mol. The molecule has 2 aliphatic carbocycles. The number of carbonyl (C=O) groups is 4. The fraction of sp³-hybridized carbons (Fsp3) is 0.736. The number of carboxylic acid groups (broad SMARTS) is 1. The second-order valence-electron chi connectivity index (χ2n) is 36.8. The molecule has 9 unspecified atom stereocenters. The Balaban J connectivity index is 0.000000629. The van der Waals surface area contributed by atoms with Crippen molar-refractivity contribution in [2.24, 2.45) is 46.2 Å². The smallest absolute Gasteiger partial charge is 0.408 e. The fourth-order valence-corrected chi connectivity index (χ4v) is 17.2. The van der Waals surface area contributed by atoms with Crippen LogP contribution in [0.1, 0.15) is 207 Å². The van der Waals surface area contributed by atoms with Crippen LogP contribution < -0.4 is 66.3 Å². The number of benzene rings is 4. The maximum Gasteiger partial charge on any atom is 0.408 e. The van der Waals surface area contributed by atoms with Gasteiger partial charge in [0.1, 0.15) is 25.1 Å². The number of amides is 1. The summed E-state index contributed by atoms with van der Waals surface area (Å²) in [7, 11) is 0. The van der Waals surface area contributed by atoms with Crippen molar-refractivity contribution < 1.29 is 131 Å². The number of ketones is 2. The molecule has 0 radical (unpaired) electrons. The summed E-state index contributed by atoms with van der Waals surface area (Å²) in [5, 5.41) is 111. The highest BCUT2D eigenvalue weighted by atomic mass is 16.6. The largest absolute Gasteiger partial charge is 0.480 e. The molecule has 0 bridgehead atoms. The summed E-state index contributed by atoms with van der Waals surface area (Å²) in [5.74, 6) is -1.92. The molecule has 6 rings (SSSR count). The van der Waals surface area contributed by atoms with Crippen LogP contribution in [0.25, 0.3) is 22.3 Å². The fourth-order valence-electron chi connectivity index (χ4n) is 17.2. The zero-order chi connectivity index (χ0) is 105. The number of carbonyl (C=O) groups excluding carboxylic acids is 3. The van der Waals surface area contributed by atoms with Crippen molar-refractivity contribution in [3.63, 3.8) is 0 Å². The molecule has 830 valence electrons. The van der Waals surface area contributed by atoms with Gasteiger partial charge in [0, 0.05) is 75.5 Å². The number of nitrogens with two attached hydrogens (primary N) is 6. The Morgan fingerprint density at radius 2 is 0.662 bits per heavy atom. The number of aliphatic hydroxyl groups excluding tert-OH is 7. The number of nitrogens with one attached hydrogen (secondary N) is 6. The third-order valence-corrected chi connectivity index (χ3v) is 25.4. The van der Waals surface area contributed by atoms with Crippen molar-refractivity contribution in [2.75, 3.05) is 237 Å². The van der Waals surface area contributed by atoms with Gasteiger partial charge in [-0.05, 0) is 206 Å². The summed E-state index contributed by atoms with van der Waals surface area (Å²) in [5.41, 5.74) is 43.3. The van der Waals surface area contributed by atoms with Gasteiger partial charge in [0.25, 0.3) is 0 Å². The molecule has 12 atom stereocenters. The van der Waals surface area contributed by atoms with E-state index in [2.05, 4.69) is 92.6 Å². The van der Waals surface area contributed by atoms with E-state index in [-0.39, 0.29) is 67.6 Å². The Morgan fingerprint density at radius 1 is 0.324 bits per heavy atom. The van der Waals surface area contributed by atoms with E-state index >= 15 is 0 Å². The van der Waals surface area contributed by atoms with Crippen LogP contribution in [-0.2, 0) is 80.7 Å². The summed E-state index contributed by atoms with van der Waals surface area (Å²) in [4.78, 5) is 50.9. The van der Waals surface area contributed by atoms with Crippen LogP contribution in [0, 0.1) is 11.8 Å². The molecule has 145 heavy (non-hydrogen) atoms. The number of fused-ring (bicyclic) bond motifs is 6. The lowest BCUT2D eigenvalue weighted by Crippen LogP contribution is -2.50. The van der Waals surface area contributed by atoms with Gasteiger partial charge in [0.15, 0.2) is 24.1 Å². The number of hydrogen-bond donors (Lipinski definition) is 21. The van der Waals surface area contributed by atoms with E-state index in [0.717, 1.165) is 73.6 Å². The lowest BCUT2D eigenvalue weighted by atomic mass is 9.92. The van der Waals surface area contributed by atoms with E-state index in [1.165, 1.54) is 22.3 Å². The van der Waals surface area contributed by atoms with Gasteiger partial charge in [0.2, 0.25) is 0 Å². The summed E-state index contributed by atoms with van der Waals surface area (Å²) in [6, 6.07) is 30.6. The Bertz CT molecular complexity index is 3760. The molecule has 4 aromatic carbocycles. The molecule has 39 nitrogen and oxygen atoms in total. The van der Waals surface area contributed by atoms with E-state index in [1.807, 2.05) is 36.4 Å². The van der Waals surface area contributed by atoms with E-state index in [1.54, 1.807) is 0 Å². The Labute approximate surface area is 860 Å². The number of alkyl carbamates (subject to hydrolysis) is 1. The highest BCUT2D eigenvalue weighted by Gasteiger charge is 2.33. The average Bonchev–Trinajstić information content (AvgIpc) is 1.62. The topological polar surface area (TPSA) is 608 Å². The first-order chi connectivity index (χ1) is 70.8. The van der Waals surface area contributed by atoms with E-state index in [4.69, 9.17) is 101 Å². The van der Waals surface area contributed by atoms with Gasteiger partial charge in [-0.2, -0.15) is 0 Å². The number of hydrogen-bond acceptors (Lipinski definition) is 37. The first-order valence-electron chi connectivity index (χ1n) is 53.2. The monoisotopic (exact) mass is 2060 g/mol. The van der Waals surface area contributed by atoms with E-state index in [9.17, 15) is 65.1 Å². The minimum atomic E-state index is -1.46. The van der Waals surface area contributed by atoms with Crippen molar-refractivity contribution in [3.8, 4) is 22.3 Å². The number of carboxylic acids is 1. The first-order valence-corrected chi connectivity index (χ1v) is 53.2. The van der Waals surface area contributed by atoms with Gasteiger partial charge in [-0.15, -0.1) is 0 Å². The summed E-state index contributed by atoms with van der Waals surface area (Å²) in [6.07, 6.45) is 10.0. The highest BCUT2D eigenvalue weighted by Crippen LogP contribution is 2.46. The predicted octanol–water partition coefficient (Wildman–Crippen LogP) is 5.01. The Kier molecular flexibility index (Phi) is 75.9. The second kappa shape index (κ2) is 85.3. The van der Waals surface area contributed by atoms with Crippen LogP contribution in [0.15, 0.2) is 97.1 Å². The van der Waals surface area contributed by atoms with Gasteiger partial charge in [0.05, 0.1) is 189 Å². The van der Waals surface area contributed by atoms with Gasteiger partial charge in [-0.1, -0.05) is 136 Å². The second-order valence-corrected chi connectivity index (χ2v) is 36.8. The third-order valence-electron chi connectivity index (χ3n) is 25.4. The van der Waals surface area contributed by atoms with Crippen molar-refractivity contribution in [1.82, 2.24) is 31.9 Å². The highest BCUT2D eigenvalue weighted by molar-refractivity contribution is 5.89. The molecule has 0 fully saturated rings. The summed E-state index contributed by atoms with van der Waals surface area (Å²) in [6.45, 7) is 13.5. The minimum absolute atomic E-state index is 0.0131. The number of rotatable bonds is 98. The molecule has 4 aromatic rings. The molecule has 27 N–H and O–H groups in total. The van der Waals surface area contributed by atoms with E-state index < -0.39 is 73.5 Å². The quantitative estimate of drug-likeness (QED) is 0.0204. The zero-order valence-corrected chi connectivity index (χ0v) is 86.3. The number of aliphatic hydroxyl groups is 8. The maximum atomic E-state index is 13.4. The van der Waals surface area contributed by atoms with Crippen molar-refractivity contribution in [3.05, 3.63) is 119 Å². The van der Waals surface area contributed by atoms with Crippen LogP contribution in [0.3, 0.4) is 0 Å². The van der Waals surface area contributed by atoms with Crippen LogP contribution in [0.2, 0.25) is 0 Å². The van der Waals surface area contributed by atoms with Gasteiger partial charge < -0.3 is 157 Å². The first kappa shape index (κ1) is 129. The van der Waals surface area contributed by atoms with Gasteiger partial charge in [-0.25, -0.2) is 4.79 Å². The molecular formula is C106H184N12O27. The van der Waals surface area contributed by atoms with Crippen molar-refractivity contribution >= 4 is 23.6 Å². The molecule has 1 amide bonds. The number of aliphatic carboxylic acids is 1. The van der Waals surface area contributed by atoms with Crippen LogP contribution >= 0.6 is 0 Å². The van der Waals surface area contributed by atoms with Gasteiger partial charge in [-0.3, -0.25) is 35.7 Å². The molecule has 0 heterocycles. The molecule has 0 aromatic heterocycles. The predicted molar refractivity (Wildman–Crippen MR) is 556 cm³/mol. The molecule has 39 heteroatoms. The standard InChI is InChI=1S/C70H129N5O21.C36H55N7O6/c71-25-8-5-13-56(53-58(76)22-31-86-37-43-92-50-48-91-42-36-85-30-12-21-68(80)96-55-64-62-17-3-1-15-60(62)61-16-2-4-18-63(61)64)69(81)74-28-34-89-40-46-95-52-51-94-45-39-88-33-24-67(79)75-65(19-7-10-27-73)66(78)20-11-29-84-35-41-90-47-49-93-44-38-87-32-23-59(77)54-57(70(82)83)14-6-9-26-72;37-18-8-5-15-30(33(44)22-41-32(35(46)47)17-7-10-20-39)40-21-34(45)31(16-6-9-19-38)42-24-43-36(48)49-23-29-27-13-3-1-11-25(27)26-12-2-4-14-28(26)29/h1-4,15-18,56-59,64-70,74-83H,5-14,19-55,71-73H2;1-4,11-14,29-32,40-42H,5-10,15-24,37-39H2,(H,43,48)(H,46,47)/t;30-,31-,32-/m.0/s1. The molecule has 0 saturated carbocycles. The number of ether oxygens (including phenoxy) is 14. The SMILES string of the molecule is NCCCCC(CC(O)CCOCCOCCOCCOCCCC(O)C(CCCCN)NC(O)CCOCCOCCOCCOCCNC(O)C(CCCCN)CC(O)CCOCCOCCOCCOCCCC(O)OCC1c2ccccc2-c2ccccc21)C(O)O.NCCCC[C@H](NCC(=O)[C@H](CCCCN)NCC(=O)[C@H](CCCCN)NCNC(=O)OCC1c2ccccc2-c2ccccc21)C(=O)O. The molecule has 0 aliphatic heterocycles. The molecular weight excluding hydrogens is 1870 g/mol. The summed E-state index contributed by atoms with van der Waals surface area (Å²) < 4.78 is 79.1. The lowest BCUT2D eigenvalue weighted by molar-refractivity contribution is -0.139. The van der Waals surface area contributed by atoms with Crippen LogP contribution in [0.4, 0.5) is 4.79 Å².